The van der Waals surface area contributed by atoms with Crippen molar-refractivity contribution in [3.05, 3.63) is 123 Å². The Kier molecular flexibility index (Phi) is 7.94. The van der Waals surface area contributed by atoms with Crippen LogP contribution in [-0.4, -0.2) is 26.8 Å². The van der Waals surface area contributed by atoms with Crippen LogP contribution in [0.5, 0.6) is 0 Å². The van der Waals surface area contributed by atoms with E-state index < -0.39 is 29.4 Å². The Morgan fingerprint density at radius 1 is 0.881 bits per heavy atom. The molecule has 0 radical (unpaired) electrons. The van der Waals surface area contributed by atoms with Gasteiger partial charge in [-0.3, -0.25) is 9.48 Å². The Hall–Kier alpha value is -4.41. The summed E-state index contributed by atoms with van der Waals surface area (Å²) in [5.74, 6) is -2.75. The topological polar surface area (TPSA) is 84.2 Å². The Morgan fingerprint density at radius 2 is 1.55 bits per heavy atom. The molecule has 12 heteroatoms. The van der Waals surface area contributed by atoms with Crippen LogP contribution in [0.15, 0.2) is 79.0 Å². The number of alkyl halides is 3. The maximum Gasteiger partial charge on any atom is 0.416 e. The SMILES string of the molecule is O=C(O)c1ccc(CNC(=O)c2cc(-c3cc(F)cc(C(F)(F)F)c3)cc3cnn(Cc4cc(Cl)cc(Cl)c4)c23)cc1. The fraction of sp³-hybridized carbons (Fsp3) is 0.100. The minimum absolute atomic E-state index is 0.0285. The Bertz CT molecular complexity index is 1820. The average Bonchev–Trinajstić information content (AvgIpc) is 3.32. The van der Waals surface area contributed by atoms with E-state index in [1.54, 1.807) is 30.3 Å². The van der Waals surface area contributed by atoms with Crippen molar-refractivity contribution in [2.24, 2.45) is 0 Å². The standard InChI is InChI=1S/C30H19Cl2F4N3O3/c31-23-5-17(6-24(32)12-23)15-39-27-21(14-38-39)7-19(20-8-22(30(34,35)36)11-25(33)9-20)10-26(27)28(40)37-13-16-1-3-18(4-2-16)29(41)42/h1-12,14H,13,15H2,(H,37,40)(H,41,42). The molecule has 0 aliphatic heterocycles. The lowest BCUT2D eigenvalue weighted by molar-refractivity contribution is -0.137. The molecule has 1 aromatic heterocycles. The van der Waals surface area contributed by atoms with Gasteiger partial charge in [0, 0.05) is 22.0 Å². The normalized spacial score (nSPS) is 11.6. The smallest absolute Gasteiger partial charge is 0.416 e. The maximum absolute atomic E-state index is 14.3. The molecule has 1 heterocycles. The molecule has 0 saturated heterocycles. The first-order chi connectivity index (χ1) is 19.9. The molecule has 5 aromatic rings. The Morgan fingerprint density at radius 3 is 2.19 bits per heavy atom. The zero-order valence-corrected chi connectivity index (χ0v) is 22.9. The largest absolute Gasteiger partial charge is 0.478 e. The number of carbonyl (C=O) groups excluding carboxylic acids is 1. The summed E-state index contributed by atoms with van der Waals surface area (Å²) >= 11 is 12.3. The van der Waals surface area contributed by atoms with E-state index in [-0.39, 0.29) is 35.3 Å². The highest BCUT2D eigenvalue weighted by Crippen LogP contribution is 2.35. The Balaban J connectivity index is 1.58. The summed E-state index contributed by atoms with van der Waals surface area (Å²) in [4.78, 5) is 24.7. The number of amides is 1. The molecule has 0 atom stereocenters. The van der Waals surface area contributed by atoms with E-state index >= 15 is 0 Å². The number of carbonyl (C=O) groups is 2. The van der Waals surface area contributed by atoms with Crippen LogP contribution in [0.4, 0.5) is 17.6 Å². The third kappa shape index (κ3) is 6.40. The summed E-state index contributed by atoms with van der Waals surface area (Å²) in [6.45, 7) is 0.193. The van der Waals surface area contributed by atoms with Crippen molar-refractivity contribution >= 4 is 46.0 Å². The van der Waals surface area contributed by atoms with Crippen LogP contribution >= 0.6 is 23.2 Å². The minimum atomic E-state index is -4.78. The monoisotopic (exact) mass is 615 g/mol. The number of benzene rings is 4. The summed E-state index contributed by atoms with van der Waals surface area (Å²) in [5.41, 5.74) is 0.772. The number of hydrogen-bond donors (Lipinski definition) is 2. The van der Waals surface area contributed by atoms with Gasteiger partial charge in [0.05, 0.1) is 34.9 Å². The van der Waals surface area contributed by atoms with Gasteiger partial charge >= 0.3 is 12.1 Å². The van der Waals surface area contributed by atoms with Gasteiger partial charge in [-0.25, -0.2) is 9.18 Å². The molecular formula is C30H19Cl2F4N3O3. The quantitative estimate of drug-likeness (QED) is 0.183. The second-order valence-electron chi connectivity index (χ2n) is 9.45. The van der Waals surface area contributed by atoms with Crippen molar-refractivity contribution in [1.29, 1.82) is 0 Å². The van der Waals surface area contributed by atoms with Gasteiger partial charge in [0.2, 0.25) is 0 Å². The first-order valence-corrected chi connectivity index (χ1v) is 13.1. The number of carboxylic acid groups (broad SMARTS) is 1. The molecule has 1 amide bonds. The summed E-state index contributed by atoms with van der Waals surface area (Å²) in [5, 5.41) is 17.5. The van der Waals surface area contributed by atoms with Crippen LogP contribution in [0.3, 0.4) is 0 Å². The summed E-state index contributed by atoms with van der Waals surface area (Å²) < 4.78 is 56.1. The van der Waals surface area contributed by atoms with Crippen LogP contribution in [0, 0.1) is 5.82 Å². The Labute approximate surface area is 246 Å². The number of carboxylic acids is 1. The molecule has 0 aliphatic carbocycles. The molecular weight excluding hydrogens is 597 g/mol. The second kappa shape index (κ2) is 11.5. The third-order valence-corrected chi connectivity index (χ3v) is 6.88. The number of fused-ring (bicyclic) bond motifs is 1. The summed E-state index contributed by atoms with van der Waals surface area (Å²) in [7, 11) is 0. The molecule has 0 fully saturated rings. The van der Waals surface area contributed by atoms with Gasteiger partial charge in [-0.2, -0.15) is 18.3 Å². The van der Waals surface area contributed by atoms with Crippen LogP contribution in [-0.2, 0) is 19.3 Å². The fourth-order valence-corrected chi connectivity index (χ4v) is 5.10. The van der Waals surface area contributed by atoms with E-state index in [9.17, 15) is 27.2 Å². The number of aromatic nitrogens is 2. The maximum atomic E-state index is 14.3. The zero-order chi connectivity index (χ0) is 30.2. The van der Waals surface area contributed by atoms with Gasteiger partial charge in [0.25, 0.3) is 5.91 Å². The van der Waals surface area contributed by atoms with Crippen LogP contribution < -0.4 is 5.32 Å². The molecule has 0 bridgehead atoms. The van der Waals surface area contributed by atoms with Gasteiger partial charge in [0.15, 0.2) is 0 Å². The summed E-state index contributed by atoms with van der Waals surface area (Å²) in [6.07, 6.45) is -3.32. The number of rotatable bonds is 7. The number of halogens is 6. The van der Waals surface area contributed by atoms with E-state index in [0.717, 1.165) is 12.1 Å². The number of nitrogens with zero attached hydrogens (tertiary/aromatic N) is 2. The van der Waals surface area contributed by atoms with Gasteiger partial charge in [-0.1, -0.05) is 35.3 Å². The molecule has 5 rings (SSSR count). The second-order valence-corrected chi connectivity index (χ2v) is 10.3. The number of aromatic carboxylic acids is 1. The molecule has 0 aliphatic rings. The molecule has 0 spiro atoms. The van der Waals surface area contributed by atoms with E-state index in [4.69, 9.17) is 28.3 Å². The van der Waals surface area contributed by atoms with Crippen LogP contribution in [0.25, 0.3) is 22.0 Å². The fourth-order valence-electron chi connectivity index (χ4n) is 4.53. The molecule has 6 nitrogen and oxygen atoms in total. The molecule has 42 heavy (non-hydrogen) atoms. The first-order valence-electron chi connectivity index (χ1n) is 12.3. The molecule has 0 unspecified atom stereocenters. The van der Waals surface area contributed by atoms with E-state index in [2.05, 4.69) is 10.4 Å². The molecule has 2 N–H and O–H groups in total. The lowest BCUT2D eigenvalue weighted by atomic mass is 9.98. The van der Waals surface area contributed by atoms with Crippen molar-refractivity contribution < 1.29 is 32.3 Å². The highest BCUT2D eigenvalue weighted by molar-refractivity contribution is 6.34. The van der Waals surface area contributed by atoms with E-state index in [1.165, 1.54) is 35.1 Å². The first kappa shape index (κ1) is 29.1. The lowest BCUT2D eigenvalue weighted by Crippen LogP contribution is -2.24. The molecule has 4 aromatic carbocycles. The molecule has 214 valence electrons. The van der Waals surface area contributed by atoms with Crippen molar-refractivity contribution in [3.63, 3.8) is 0 Å². The van der Waals surface area contributed by atoms with E-state index in [1.807, 2.05) is 0 Å². The number of nitrogens with one attached hydrogen (secondary N) is 1. The van der Waals surface area contributed by atoms with Crippen molar-refractivity contribution in [2.75, 3.05) is 0 Å². The average molecular weight is 616 g/mol. The van der Waals surface area contributed by atoms with Crippen LogP contribution in [0.1, 0.15) is 37.4 Å². The van der Waals surface area contributed by atoms with Gasteiger partial charge in [0.1, 0.15) is 5.82 Å². The van der Waals surface area contributed by atoms with Gasteiger partial charge in [-0.15, -0.1) is 0 Å². The lowest BCUT2D eigenvalue weighted by Gasteiger charge is -2.14. The highest BCUT2D eigenvalue weighted by atomic mass is 35.5. The third-order valence-electron chi connectivity index (χ3n) is 6.45. The van der Waals surface area contributed by atoms with E-state index in [0.29, 0.717) is 38.1 Å². The highest BCUT2D eigenvalue weighted by Gasteiger charge is 2.31. The predicted molar refractivity (Wildman–Crippen MR) is 150 cm³/mol. The van der Waals surface area contributed by atoms with Crippen LogP contribution in [0.2, 0.25) is 10.0 Å². The van der Waals surface area contributed by atoms with Crippen molar-refractivity contribution in [3.8, 4) is 11.1 Å². The van der Waals surface area contributed by atoms with Crippen molar-refractivity contribution in [1.82, 2.24) is 15.1 Å². The zero-order valence-electron chi connectivity index (χ0n) is 21.3. The van der Waals surface area contributed by atoms with Gasteiger partial charge < -0.3 is 10.4 Å². The minimum Gasteiger partial charge on any atom is -0.478 e. The number of hydrogen-bond acceptors (Lipinski definition) is 3. The predicted octanol–water partition coefficient (Wildman–Crippen LogP) is 7.84. The van der Waals surface area contributed by atoms with Crippen molar-refractivity contribution in [2.45, 2.75) is 19.3 Å². The van der Waals surface area contributed by atoms with Gasteiger partial charge in [-0.05, 0) is 82.9 Å². The summed E-state index contributed by atoms with van der Waals surface area (Å²) in [6, 6.07) is 15.9. The molecule has 0 saturated carbocycles.